The summed E-state index contributed by atoms with van der Waals surface area (Å²) in [5.41, 5.74) is -6.30. The molecule has 2 fully saturated rings. The third kappa shape index (κ3) is 7.41. The molecule has 3 rings (SSSR count). The second-order valence-corrected chi connectivity index (χ2v) is 13.2. The zero-order chi connectivity index (χ0) is 35.5. The Bertz CT molecular complexity index is 1300. The molecule has 0 unspecified atom stereocenters. The van der Waals surface area contributed by atoms with Crippen molar-refractivity contribution in [3.63, 3.8) is 0 Å². The summed E-state index contributed by atoms with van der Waals surface area (Å²) >= 11 is 0. The van der Waals surface area contributed by atoms with Gasteiger partial charge in [0.1, 0.15) is 11.7 Å². The molecule has 0 radical (unpaired) electrons. The number of carbonyl (C=O) groups is 5. The predicted molar refractivity (Wildman–Crippen MR) is 165 cm³/mol. The number of aliphatic hydroxyl groups excluding tert-OH is 1. The van der Waals surface area contributed by atoms with Gasteiger partial charge in [0, 0.05) is 31.8 Å². The van der Waals surface area contributed by atoms with E-state index in [0.717, 1.165) is 13.8 Å². The lowest BCUT2D eigenvalue weighted by Crippen LogP contribution is -2.64. The highest BCUT2D eigenvalue weighted by molar-refractivity contribution is 5.88. The van der Waals surface area contributed by atoms with Crippen molar-refractivity contribution >= 4 is 29.8 Å². The average molecular weight is 667 g/mol. The molecule has 264 valence electrons. The number of fused-ring (bicyclic) bond motifs is 3. The Labute approximate surface area is 275 Å². The Kier molecular flexibility index (Phi) is 12.1. The molecule has 1 saturated heterocycles. The largest absolute Gasteiger partial charge is 0.459 e. The zero-order valence-corrected chi connectivity index (χ0v) is 28.6. The Hall–Kier alpha value is -3.29. The molecule has 1 saturated carbocycles. The van der Waals surface area contributed by atoms with Crippen LogP contribution in [0.15, 0.2) is 22.8 Å². The quantitative estimate of drug-likeness (QED) is 0.0855. The lowest BCUT2D eigenvalue weighted by atomic mass is 9.75. The van der Waals surface area contributed by atoms with E-state index in [-0.39, 0.29) is 29.6 Å². The number of ether oxygens (including phenoxy) is 5. The number of carbonyl (C=O) groups excluding carboxylic acids is 5. The number of hydrogen-bond donors (Lipinski definition) is 3. The first kappa shape index (κ1) is 38.2. The number of hydrogen-bond acceptors (Lipinski definition) is 13. The number of unbranched alkanes of at least 4 members (excludes halogenated alkanes) is 1. The van der Waals surface area contributed by atoms with E-state index < -0.39 is 89.5 Å². The van der Waals surface area contributed by atoms with Crippen molar-refractivity contribution in [1.82, 2.24) is 0 Å². The first-order chi connectivity index (χ1) is 21.9. The van der Waals surface area contributed by atoms with E-state index in [4.69, 9.17) is 23.7 Å². The predicted octanol–water partition coefficient (Wildman–Crippen LogP) is 2.90. The molecule has 0 aromatic rings. The summed E-state index contributed by atoms with van der Waals surface area (Å²) < 4.78 is 29.2. The van der Waals surface area contributed by atoms with E-state index in [0.29, 0.717) is 32.1 Å². The molecule has 1 aliphatic heterocycles. The van der Waals surface area contributed by atoms with Crippen molar-refractivity contribution < 1.29 is 63.0 Å². The maximum Gasteiger partial charge on any atom is 0.341 e. The lowest BCUT2D eigenvalue weighted by Gasteiger charge is -2.41. The van der Waals surface area contributed by atoms with Crippen LogP contribution >= 0.6 is 0 Å². The van der Waals surface area contributed by atoms with E-state index in [2.05, 4.69) is 0 Å². The molecule has 0 amide bonds. The van der Waals surface area contributed by atoms with Crippen molar-refractivity contribution in [3.05, 3.63) is 22.8 Å². The molecule has 13 nitrogen and oxygen atoms in total. The minimum absolute atomic E-state index is 0.0402. The molecule has 0 aromatic carbocycles. The van der Waals surface area contributed by atoms with Gasteiger partial charge < -0.3 is 39.0 Å². The fourth-order valence-electron chi connectivity index (χ4n) is 6.88. The van der Waals surface area contributed by atoms with Gasteiger partial charge >= 0.3 is 29.8 Å². The molecular formula is C34H50O13. The molecule has 0 aromatic heterocycles. The van der Waals surface area contributed by atoms with E-state index >= 15 is 0 Å². The highest BCUT2D eigenvalue weighted by Gasteiger charge is 2.76. The molecule has 13 heteroatoms. The maximum absolute atomic E-state index is 13.4. The molecule has 1 heterocycles. The van der Waals surface area contributed by atoms with Gasteiger partial charge in [0.25, 0.3) is 0 Å². The van der Waals surface area contributed by atoms with Crippen molar-refractivity contribution in [2.24, 2.45) is 5.92 Å². The fraction of sp³-hybridized carbons (Fsp3) is 0.735. The van der Waals surface area contributed by atoms with Crippen molar-refractivity contribution in [1.29, 1.82) is 0 Å². The monoisotopic (exact) mass is 666 g/mol. The summed E-state index contributed by atoms with van der Waals surface area (Å²) in [7, 11) is 0. The van der Waals surface area contributed by atoms with Gasteiger partial charge in [-0.3, -0.25) is 14.4 Å². The first-order valence-electron chi connectivity index (χ1n) is 16.4. The summed E-state index contributed by atoms with van der Waals surface area (Å²) in [5, 5.41) is 33.7. The molecule has 9 atom stereocenters. The molecule has 3 aliphatic rings. The summed E-state index contributed by atoms with van der Waals surface area (Å²) in [6.45, 7) is 12.0. The van der Waals surface area contributed by atoms with Crippen LogP contribution in [0, 0.1) is 5.92 Å². The number of allylic oxidation sites excluding steroid dienone is 1. The topological polar surface area (TPSA) is 192 Å². The molecule has 0 spiro atoms. The van der Waals surface area contributed by atoms with Gasteiger partial charge in [0.2, 0.25) is 0 Å². The summed E-state index contributed by atoms with van der Waals surface area (Å²) in [4.78, 5) is 65.1. The minimum atomic E-state index is -2.60. The Morgan fingerprint density at radius 1 is 1.02 bits per heavy atom. The molecule has 3 N–H and O–H groups in total. The van der Waals surface area contributed by atoms with Crippen molar-refractivity contribution in [3.8, 4) is 0 Å². The Balaban J connectivity index is 2.21. The second-order valence-electron chi connectivity index (χ2n) is 13.2. The standard InChI is InChI=1S/C34H50O13/c1-9-14-23(37)43-22-17-32(7,47-20(6)35)26-25(29-34(22,42)33(8,41)31(40)46-29)19(5)27(45-30(39)18(4)10-2)28(26)44-24(38)16-13-12-15-21(36)11-3/h10,21-22,26-29,36,41-42H,9,11-17H2,1-8H3/b18-10-/t21-,22+,26-,27+,28+,29+,32+,33-,34-/m1/s1. The minimum Gasteiger partial charge on any atom is -0.459 e. The molecular weight excluding hydrogens is 616 g/mol. The number of aliphatic hydroxyl groups is 3. The van der Waals surface area contributed by atoms with Crippen LogP contribution in [0.5, 0.6) is 0 Å². The van der Waals surface area contributed by atoms with Crippen LogP contribution in [-0.4, -0.2) is 92.5 Å². The fourth-order valence-corrected chi connectivity index (χ4v) is 6.88. The Morgan fingerprint density at radius 2 is 1.66 bits per heavy atom. The normalized spacial score (nSPS) is 34.1. The third-order valence-corrected chi connectivity index (χ3v) is 9.67. The SMILES string of the molecule is C/C=C(/C)C(=O)O[C@H]1C(C)=C2[C@H]([C@@H]1OC(=O)CCCC[C@H](O)CC)[C@@](C)(OC(C)=O)C[C@H](OC(=O)CCC)[C@@]1(O)[C@H]2OC(=O)[C@@]1(C)O. The van der Waals surface area contributed by atoms with Gasteiger partial charge in [-0.15, -0.1) is 0 Å². The Morgan fingerprint density at radius 3 is 2.23 bits per heavy atom. The van der Waals surface area contributed by atoms with E-state index in [1.807, 2.05) is 6.92 Å². The average Bonchev–Trinajstić information content (AvgIpc) is 3.32. The highest BCUT2D eigenvalue weighted by Crippen LogP contribution is 2.57. The van der Waals surface area contributed by atoms with Gasteiger partial charge in [0.15, 0.2) is 29.5 Å². The van der Waals surface area contributed by atoms with E-state index in [9.17, 15) is 39.3 Å². The lowest BCUT2D eigenvalue weighted by molar-refractivity contribution is -0.212. The van der Waals surface area contributed by atoms with Gasteiger partial charge in [0.05, 0.1) is 12.0 Å². The number of esters is 5. The highest BCUT2D eigenvalue weighted by atomic mass is 16.6. The number of rotatable bonds is 13. The van der Waals surface area contributed by atoms with Crippen molar-refractivity contribution in [2.45, 2.75) is 154 Å². The van der Waals surface area contributed by atoms with Crippen LogP contribution in [0.3, 0.4) is 0 Å². The van der Waals surface area contributed by atoms with Gasteiger partial charge in [-0.2, -0.15) is 0 Å². The van der Waals surface area contributed by atoms with Crippen LogP contribution in [0.2, 0.25) is 0 Å². The zero-order valence-electron chi connectivity index (χ0n) is 28.6. The summed E-state index contributed by atoms with van der Waals surface area (Å²) in [5.74, 6) is -5.25. The first-order valence-corrected chi connectivity index (χ1v) is 16.4. The molecule has 0 bridgehead atoms. The molecule has 47 heavy (non-hydrogen) atoms. The molecule has 2 aliphatic carbocycles. The van der Waals surface area contributed by atoms with Crippen LogP contribution in [-0.2, 0) is 47.7 Å². The van der Waals surface area contributed by atoms with Crippen molar-refractivity contribution in [2.75, 3.05) is 0 Å². The summed E-state index contributed by atoms with van der Waals surface area (Å²) in [6.07, 6.45) is -2.96. The summed E-state index contributed by atoms with van der Waals surface area (Å²) in [6, 6.07) is 0. The van der Waals surface area contributed by atoms with Gasteiger partial charge in [-0.25, -0.2) is 9.59 Å². The van der Waals surface area contributed by atoms with Crippen LogP contribution < -0.4 is 0 Å². The smallest absolute Gasteiger partial charge is 0.341 e. The van der Waals surface area contributed by atoms with Gasteiger partial charge in [-0.1, -0.05) is 26.3 Å². The maximum atomic E-state index is 13.4. The van der Waals surface area contributed by atoms with Gasteiger partial charge in [-0.05, 0) is 71.4 Å². The van der Waals surface area contributed by atoms with E-state index in [1.165, 1.54) is 19.9 Å². The second kappa shape index (κ2) is 14.9. The van der Waals surface area contributed by atoms with Crippen LogP contribution in [0.1, 0.15) is 107 Å². The van der Waals surface area contributed by atoms with Crippen LogP contribution in [0.25, 0.3) is 0 Å². The third-order valence-electron chi connectivity index (χ3n) is 9.67. The van der Waals surface area contributed by atoms with Crippen LogP contribution in [0.4, 0.5) is 0 Å². The van der Waals surface area contributed by atoms with E-state index in [1.54, 1.807) is 20.8 Å².